The molecule has 2 saturated heterocycles. The third-order valence-electron chi connectivity index (χ3n) is 5.42. The van der Waals surface area contributed by atoms with E-state index >= 15 is 0 Å². The molecule has 3 rings (SSSR count). The van der Waals surface area contributed by atoms with Crippen molar-refractivity contribution < 1.29 is 29.3 Å². The molecule has 1 saturated carbocycles. The number of hydrogen-bond acceptors (Lipinski definition) is 5. The first-order valence-electron chi connectivity index (χ1n) is 8.90. The van der Waals surface area contributed by atoms with Gasteiger partial charge in [0, 0.05) is 13.1 Å². The maximum absolute atomic E-state index is 11.9. The Balaban J connectivity index is 0.00000261. The molecule has 3 fully saturated rings. The standard InChI is InChI=1S/C16H24N4O6.Fm/c21-14(22)10-3-1-9(2-4-10)7-17-15(23)19-18-11-8-26-12-5-6-20(13(11)12)16(24)25;/h9-10,12-13H,1-8H2,(H,21,22)(H,24,25)(H2,17,19,23);/b18-11+;. The Morgan fingerprint density at radius 3 is 2.48 bits per heavy atom. The van der Waals surface area contributed by atoms with E-state index in [1.54, 1.807) is 0 Å². The third-order valence-corrected chi connectivity index (χ3v) is 5.42. The number of hydrogen-bond donors (Lipinski definition) is 4. The second kappa shape index (κ2) is 8.35. The zero-order chi connectivity index (χ0) is 18.7. The first-order valence-corrected chi connectivity index (χ1v) is 8.90. The van der Waals surface area contributed by atoms with E-state index in [1.165, 1.54) is 4.90 Å². The molecule has 3 amide bonds. The summed E-state index contributed by atoms with van der Waals surface area (Å²) in [6.07, 6.45) is 2.24. The molecule has 11 heteroatoms. The van der Waals surface area contributed by atoms with Crippen molar-refractivity contribution >= 4 is 23.8 Å². The average molecular weight is 625 g/mol. The van der Waals surface area contributed by atoms with Gasteiger partial charge in [-0.3, -0.25) is 9.69 Å². The number of carbonyl (C=O) groups is 3. The van der Waals surface area contributed by atoms with E-state index in [-0.39, 0.29) is 24.5 Å². The van der Waals surface area contributed by atoms with Gasteiger partial charge in [-0.15, -0.1) is 0 Å². The fourth-order valence-corrected chi connectivity index (χ4v) is 3.94. The summed E-state index contributed by atoms with van der Waals surface area (Å²) in [5.74, 6) is -0.754. The Morgan fingerprint density at radius 1 is 1.15 bits per heavy atom. The molecule has 2 unspecified atom stereocenters. The van der Waals surface area contributed by atoms with Crippen molar-refractivity contribution in [3.8, 4) is 0 Å². The monoisotopic (exact) mass is 625 g/mol. The summed E-state index contributed by atoms with van der Waals surface area (Å²) in [6.45, 7) is 1.07. The van der Waals surface area contributed by atoms with Crippen LogP contribution in [0.5, 0.6) is 0 Å². The van der Waals surface area contributed by atoms with Gasteiger partial charge in [-0.05, 0) is 38.0 Å². The van der Waals surface area contributed by atoms with Crippen molar-refractivity contribution in [3.63, 3.8) is 0 Å². The molecule has 2 aliphatic heterocycles. The van der Waals surface area contributed by atoms with Crippen LogP contribution in [0.3, 0.4) is 0 Å². The van der Waals surface area contributed by atoms with Crippen LogP contribution in [0.2, 0.25) is 0 Å². The second-order valence-corrected chi connectivity index (χ2v) is 7.04. The average Bonchev–Trinajstić information content (AvgIpc) is 3.20. The quantitative estimate of drug-likeness (QED) is 0.339. The summed E-state index contributed by atoms with van der Waals surface area (Å²) in [6, 6.07) is -0.889. The van der Waals surface area contributed by atoms with Gasteiger partial charge < -0.3 is 20.3 Å². The summed E-state index contributed by atoms with van der Waals surface area (Å²) in [7, 11) is 0. The number of nitrogens with zero attached hydrogens (tertiary/aromatic N) is 2. The number of urea groups is 1. The molecular weight excluding hydrogens is 601 g/mol. The normalized spacial score (nSPS) is 31.1. The Morgan fingerprint density at radius 2 is 1.85 bits per heavy atom. The largest absolute Gasteiger partial charge is 0.481 e. The summed E-state index contributed by atoms with van der Waals surface area (Å²) in [5.41, 5.74) is 2.91. The zero-order valence-corrected chi connectivity index (χ0v) is 17.1. The van der Waals surface area contributed by atoms with Crippen LogP contribution in [0, 0.1) is 11.8 Å². The molecule has 0 spiro atoms. The number of nitrogens with one attached hydrogen (secondary N) is 2. The SMILES string of the molecule is O=C(NCC1CCC(C(=O)O)CC1)N/N=C1\COC2CCN(C(=O)O)C12.[Fm]. The van der Waals surface area contributed by atoms with E-state index in [9.17, 15) is 19.5 Å². The van der Waals surface area contributed by atoms with Crippen LogP contribution in [-0.4, -0.2) is 70.8 Å². The van der Waals surface area contributed by atoms with Crippen LogP contribution < -0.4 is 10.7 Å². The van der Waals surface area contributed by atoms with Gasteiger partial charge in [0.15, 0.2) is 0 Å². The van der Waals surface area contributed by atoms with Crippen LogP contribution in [0.4, 0.5) is 9.59 Å². The molecule has 2 atom stereocenters. The Kier molecular flexibility index (Phi) is 6.17. The van der Waals surface area contributed by atoms with Crippen molar-refractivity contribution in [2.24, 2.45) is 16.9 Å². The predicted octanol–water partition coefficient (Wildman–Crippen LogP) is 0.684. The van der Waals surface area contributed by atoms with Crippen LogP contribution in [0.1, 0.15) is 32.1 Å². The minimum atomic E-state index is -1.02. The first-order chi connectivity index (χ1) is 12.5. The number of carbonyl (C=O) groups excluding carboxylic acids is 1. The molecule has 0 aromatic carbocycles. The molecule has 0 aromatic heterocycles. The van der Waals surface area contributed by atoms with Crippen LogP contribution >= 0.6 is 0 Å². The predicted molar refractivity (Wildman–Crippen MR) is 89.9 cm³/mol. The molecule has 4 N–H and O–H groups in total. The molecule has 156 valence electrons. The van der Waals surface area contributed by atoms with E-state index < -0.39 is 24.1 Å². The number of likely N-dealkylation sites (tertiary alicyclic amines) is 1. The first kappa shape index (κ1) is 20.0. The van der Waals surface area contributed by atoms with Gasteiger partial charge in [-0.25, -0.2) is 15.0 Å². The number of carboxylic acid groups (broad SMARTS) is 2. The van der Waals surface area contributed by atoms with Gasteiger partial charge in [0.05, 0.1) is 24.3 Å². The van der Waals surface area contributed by atoms with Crippen molar-refractivity contribution in [3.05, 3.63) is 0 Å². The zero-order valence-electron chi connectivity index (χ0n) is 14.7. The summed E-state index contributed by atoms with van der Waals surface area (Å²) < 4.78 is 5.53. The van der Waals surface area contributed by atoms with Crippen LogP contribution in [0.25, 0.3) is 0 Å². The minimum Gasteiger partial charge on any atom is -0.481 e. The number of carboxylic acids is 1. The molecule has 10 nitrogen and oxygen atoms in total. The number of rotatable bonds is 4. The van der Waals surface area contributed by atoms with Crippen molar-refractivity contribution in [2.75, 3.05) is 19.7 Å². The van der Waals surface area contributed by atoms with Gasteiger partial charge in [-0.1, -0.05) is 0 Å². The fourth-order valence-electron chi connectivity index (χ4n) is 3.94. The van der Waals surface area contributed by atoms with E-state index in [2.05, 4.69) is 15.8 Å². The topological polar surface area (TPSA) is 141 Å². The van der Waals surface area contributed by atoms with Gasteiger partial charge >= 0.3 is 18.1 Å². The van der Waals surface area contributed by atoms with Gasteiger partial charge in [0.25, 0.3) is 0 Å². The fraction of sp³-hybridized carbons (Fsp3) is 0.750. The Labute approximate surface area is 150 Å². The molecular formula is C16H24FmN4O6. The molecule has 3 aliphatic rings. The van der Waals surface area contributed by atoms with Crippen molar-refractivity contribution in [1.29, 1.82) is 0 Å². The number of hydrazone groups is 1. The molecule has 0 radical (unpaired) electrons. The third kappa shape index (κ3) is 4.43. The van der Waals surface area contributed by atoms with Crippen LogP contribution in [0.15, 0.2) is 5.10 Å². The Bertz CT molecular complexity index is 608. The number of amides is 3. The Hall–Kier alpha value is -3.36. The van der Waals surface area contributed by atoms with Crippen LogP contribution in [-0.2, 0) is 9.53 Å². The number of fused-ring (bicyclic) bond motifs is 1. The summed E-state index contributed by atoms with van der Waals surface area (Å²) >= 11 is 0. The number of ether oxygens (including phenoxy) is 1. The van der Waals surface area contributed by atoms with E-state index in [0.29, 0.717) is 38.1 Å². The van der Waals surface area contributed by atoms with E-state index in [0.717, 1.165) is 12.8 Å². The van der Waals surface area contributed by atoms with Gasteiger partial charge in [0.2, 0.25) is 0 Å². The smallest absolute Gasteiger partial charge is 0.407 e. The van der Waals surface area contributed by atoms with E-state index in [4.69, 9.17) is 9.84 Å². The van der Waals surface area contributed by atoms with Crippen molar-refractivity contribution in [2.45, 2.75) is 44.2 Å². The minimum absolute atomic E-state index is 0. The maximum Gasteiger partial charge on any atom is 0.407 e. The molecule has 2 heterocycles. The summed E-state index contributed by atoms with van der Waals surface area (Å²) in [4.78, 5) is 35.4. The van der Waals surface area contributed by atoms with E-state index in [1.807, 2.05) is 0 Å². The molecule has 1 aliphatic carbocycles. The molecule has 0 bridgehead atoms. The molecule has 0 aromatic rings. The maximum atomic E-state index is 11.9. The van der Waals surface area contributed by atoms with Crippen molar-refractivity contribution in [1.82, 2.24) is 15.6 Å². The number of aliphatic carboxylic acids is 1. The summed E-state index contributed by atoms with van der Waals surface area (Å²) in [5, 5.41) is 25.0. The second-order valence-electron chi connectivity index (χ2n) is 7.04. The molecule has 27 heavy (non-hydrogen) atoms. The van der Waals surface area contributed by atoms with Gasteiger partial charge in [0.1, 0.15) is 6.04 Å². The van der Waals surface area contributed by atoms with Gasteiger partial charge in [-0.2, -0.15) is 5.10 Å².